The van der Waals surface area contributed by atoms with Gasteiger partial charge in [-0.2, -0.15) is 0 Å². The number of esters is 1. The third kappa shape index (κ3) is 3.63. The van der Waals surface area contributed by atoms with E-state index in [0.29, 0.717) is 12.2 Å². The lowest BCUT2D eigenvalue weighted by Crippen LogP contribution is -2.46. The highest BCUT2D eigenvalue weighted by Crippen LogP contribution is 2.34. The fourth-order valence-corrected chi connectivity index (χ4v) is 1.78. The molecule has 1 heterocycles. The SMILES string of the molecule is C=C(C)C(=O)OCC1(CCCCC)COC1. The van der Waals surface area contributed by atoms with E-state index in [1.807, 2.05) is 0 Å². The van der Waals surface area contributed by atoms with E-state index in [0.717, 1.165) is 19.6 Å². The Labute approximate surface area is 97.8 Å². The molecule has 0 bridgehead atoms. The van der Waals surface area contributed by atoms with Crippen LogP contribution in [0.4, 0.5) is 0 Å². The third-order valence-electron chi connectivity index (χ3n) is 2.99. The van der Waals surface area contributed by atoms with Crippen LogP contribution in [0.2, 0.25) is 0 Å². The summed E-state index contributed by atoms with van der Waals surface area (Å²) in [7, 11) is 0. The van der Waals surface area contributed by atoms with E-state index in [1.54, 1.807) is 6.92 Å². The van der Waals surface area contributed by atoms with Gasteiger partial charge in [0, 0.05) is 5.57 Å². The minimum atomic E-state index is -0.290. The van der Waals surface area contributed by atoms with Crippen LogP contribution in [0, 0.1) is 5.41 Å². The molecule has 0 spiro atoms. The second-order valence-electron chi connectivity index (χ2n) is 4.81. The van der Waals surface area contributed by atoms with Gasteiger partial charge in [0.2, 0.25) is 0 Å². The van der Waals surface area contributed by atoms with Gasteiger partial charge in [-0.3, -0.25) is 0 Å². The quantitative estimate of drug-likeness (QED) is 0.380. The summed E-state index contributed by atoms with van der Waals surface area (Å²) in [6.45, 7) is 9.34. The summed E-state index contributed by atoms with van der Waals surface area (Å²) in [4.78, 5) is 11.3. The molecule has 0 N–H and O–H groups in total. The van der Waals surface area contributed by atoms with Gasteiger partial charge < -0.3 is 9.47 Å². The van der Waals surface area contributed by atoms with E-state index in [-0.39, 0.29) is 11.4 Å². The number of hydrogen-bond acceptors (Lipinski definition) is 3. The molecule has 0 amide bonds. The molecule has 3 heteroatoms. The molecule has 0 aromatic carbocycles. The number of unbranched alkanes of at least 4 members (excludes halogenated alkanes) is 2. The van der Waals surface area contributed by atoms with E-state index in [1.165, 1.54) is 19.3 Å². The summed E-state index contributed by atoms with van der Waals surface area (Å²) in [6.07, 6.45) is 4.72. The minimum absolute atomic E-state index is 0.0836. The molecule has 92 valence electrons. The Hall–Kier alpha value is -0.830. The van der Waals surface area contributed by atoms with Crippen LogP contribution in [-0.4, -0.2) is 25.8 Å². The topological polar surface area (TPSA) is 35.5 Å². The Morgan fingerprint density at radius 1 is 1.44 bits per heavy atom. The molecule has 0 aromatic heterocycles. The van der Waals surface area contributed by atoms with Crippen molar-refractivity contribution in [2.75, 3.05) is 19.8 Å². The van der Waals surface area contributed by atoms with Gasteiger partial charge in [-0.15, -0.1) is 0 Å². The molecule has 3 nitrogen and oxygen atoms in total. The molecule has 0 atom stereocenters. The molecule has 1 saturated heterocycles. The van der Waals surface area contributed by atoms with Crippen molar-refractivity contribution in [1.29, 1.82) is 0 Å². The second kappa shape index (κ2) is 6.04. The summed E-state index contributed by atoms with van der Waals surface area (Å²) in [5.41, 5.74) is 0.546. The normalized spacial score (nSPS) is 17.6. The molecule has 0 aromatic rings. The van der Waals surface area contributed by atoms with Crippen LogP contribution in [0.1, 0.15) is 39.5 Å². The van der Waals surface area contributed by atoms with Gasteiger partial charge in [-0.1, -0.05) is 32.8 Å². The first-order chi connectivity index (χ1) is 7.59. The predicted molar refractivity (Wildman–Crippen MR) is 63.2 cm³/mol. The highest BCUT2D eigenvalue weighted by Gasteiger charge is 2.39. The molecule has 0 radical (unpaired) electrons. The van der Waals surface area contributed by atoms with Crippen LogP contribution in [0.25, 0.3) is 0 Å². The first-order valence-electron chi connectivity index (χ1n) is 6.00. The molecular weight excluding hydrogens is 204 g/mol. The lowest BCUT2D eigenvalue weighted by atomic mass is 9.81. The lowest BCUT2D eigenvalue weighted by Gasteiger charge is -2.41. The predicted octanol–water partition coefficient (Wildman–Crippen LogP) is 2.70. The maximum absolute atomic E-state index is 11.3. The average Bonchev–Trinajstić information content (AvgIpc) is 2.20. The monoisotopic (exact) mass is 226 g/mol. The molecule has 0 aliphatic carbocycles. The van der Waals surface area contributed by atoms with Crippen molar-refractivity contribution >= 4 is 5.97 Å². The van der Waals surface area contributed by atoms with E-state index >= 15 is 0 Å². The first-order valence-corrected chi connectivity index (χ1v) is 6.00. The highest BCUT2D eigenvalue weighted by atomic mass is 16.5. The van der Waals surface area contributed by atoms with Gasteiger partial charge in [0.05, 0.1) is 18.6 Å². The van der Waals surface area contributed by atoms with Crippen LogP contribution >= 0.6 is 0 Å². The third-order valence-corrected chi connectivity index (χ3v) is 2.99. The maximum atomic E-state index is 11.3. The van der Waals surface area contributed by atoms with Crippen LogP contribution in [0.3, 0.4) is 0 Å². The van der Waals surface area contributed by atoms with E-state index < -0.39 is 0 Å². The van der Waals surface area contributed by atoms with Crippen molar-refractivity contribution in [1.82, 2.24) is 0 Å². The Morgan fingerprint density at radius 3 is 2.56 bits per heavy atom. The van der Waals surface area contributed by atoms with E-state index in [2.05, 4.69) is 13.5 Å². The molecule has 1 aliphatic heterocycles. The van der Waals surface area contributed by atoms with Crippen molar-refractivity contribution in [3.8, 4) is 0 Å². The largest absolute Gasteiger partial charge is 0.462 e. The Balaban J connectivity index is 2.30. The van der Waals surface area contributed by atoms with Gasteiger partial charge in [0.15, 0.2) is 0 Å². The standard InChI is InChI=1S/C13H22O3/c1-4-5-6-7-13(8-15-9-13)10-16-12(14)11(2)3/h2,4-10H2,1,3H3. The molecule has 0 saturated carbocycles. The Morgan fingerprint density at radius 2 is 2.12 bits per heavy atom. The van der Waals surface area contributed by atoms with Crippen molar-refractivity contribution in [3.05, 3.63) is 12.2 Å². The van der Waals surface area contributed by atoms with Crippen molar-refractivity contribution in [2.24, 2.45) is 5.41 Å². The summed E-state index contributed by atoms with van der Waals surface area (Å²) in [5.74, 6) is -0.290. The summed E-state index contributed by atoms with van der Waals surface area (Å²) >= 11 is 0. The first kappa shape index (κ1) is 13.2. The summed E-state index contributed by atoms with van der Waals surface area (Å²) in [5, 5.41) is 0. The van der Waals surface area contributed by atoms with Gasteiger partial charge in [-0.05, 0) is 13.3 Å². The smallest absolute Gasteiger partial charge is 0.333 e. The van der Waals surface area contributed by atoms with Crippen molar-refractivity contribution in [3.63, 3.8) is 0 Å². The molecule has 1 rings (SSSR count). The van der Waals surface area contributed by atoms with Gasteiger partial charge in [0.1, 0.15) is 6.61 Å². The zero-order valence-corrected chi connectivity index (χ0v) is 10.4. The van der Waals surface area contributed by atoms with Gasteiger partial charge in [-0.25, -0.2) is 4.79 Å². The number of ether oxygens (including phenoxy) is 2. The minimum Gasteiger partial charge on any atom is -0.462 e. The van der Waals surface area contributed by atoms with Crippen molar-refractivity contribution in [2.45, 2.75) is 39.5 Å². The zero-order valence-electron chi connectivity index (χ0n) is 10.4. The van der Waals surface area contributed by atoms with Gasteiger partial charge >= 0.3 is 5.97 Å². The van der Waals surface area contributed by atoms with Crippen LogP contribution in [0.5, 0.6) is 0 Å². The Kier molecular flexibility index (Phi) is 5.00. The number of rotatable bonds is 7. The second-order valence-corrected chi connectivity index (χ2v) is 4.81. The van der Waals surface area contributed by atoms with Crippen LogP contribution in [0.15, 0.2) is 12.2 Å². The van der Waals surface area contributed by atoms with E-state index in [9.17, 15) is 4.79 Å². The fourth-order valence-electron chi connectivity index (χ4n) is 1.78. The van der Waals surface area contributed by atoms with Crippen LogP contribution in [-0.2, 0) is 14.3 Å². The van der Waals surface area contributed by atoms with E-state index in [4.69, 9.17) is 9.47 Å². The van der Waals surface area contributed by atoms with Crippen LogP contribution < -0.4 is 0 Å². The Bertz CT molecular complexity index is 254. The average molecular weight is 226 g/mol. The number of carbonyl (C=O) groups excluding carboxylic acids is 1. The van der Waals surface area contributed by atoms with Crippen molar-refractivity contribution < 1.29 is 14.3 Å². The molecule has 16 heavy (non-hydrogen) atoms. The molecule has 1 aliphatic rings. The fraction of sp³-hybridized carbons (Fsp3) is 0.769. The lowest BCUT2D eigenvalue weighted by molar-refractivity contribution is -0.168. The van der Waals surface area contributed by atoms with Gasteiger partial charge in [0.25, 0.3) is 0 Å². The highest BCUT2D eigenvalue weighted by molar-refractivity contribution is 5.86. The maximum Gasteiger partial charge on any atom is 0.333 e. The molecular formula is C13H22O3. The number of hydrogen-bond donors (Lipinski definition) is 0. The number of carbonyl (C=O) groups is 1. The summed E-state index contributed by atoms with van der Waals surface area (Å²) < 4.78 is 10.5. The zero-order chi connectivity index (χ0) is 12.0. The molecule has 1 fully saturated rings. The molecule has 0 unspecified atom stereocenters. The summed E-state index contributed by atoms with van der Waals surface area (Å²) in [6, 6.07) is 0.